The molecule has 5 atom stereocenters. The van der Waals surface area contributed by atoms with Crippen molar-refractivity contribution in [3.8, 4) is 0 Å². The Balaban J connectivity index is 1.30. The van der Waals surface area contributed by atoms with Gasteiger partial charge >= 0.3 is 0 Å². The van der Waals surface area contributed by atoms with E-state index in [1.54, 1.807) is 4.90 Å². The van der Waals surface area contributed by atoms with Gasteiger partial charge in [0, 0.05) is 18.6 Å². The molecule has 6 rings (SSSR count). The minimum absolute atomic E-state index is 0.0636. The Labute approximate surface area is 193 Å². The summed E-state index contributed by atoms with van der Waals surface area (Å²) in [7, 11) is 0. The summed E-state index contributed by atoms with van der Waals surface area (Å²) in [4.78, 5) is 42.6. The van der Waals surface area contributed by atoms with Gasteiger partial charge in [-0.15, -0.1) is 0 Å². The lowest BCUT2D eigenvalue weighted by molar-refractivity contribution is -0.145. The third-order valence-electron chi connectivity index (χ3n) is 8.22. The summed E-state index contributed by atoms with van der Waals surface area (Å²) >= 11 is 0. The Kier molecular flexibility index (Phi) is 4.70. The first-order valence-corrected chi connectivity index (χ1v) is 12.3. The molecule has 33 heavy (non-hydrogen) atoms. The molecule has 1 aromatic rings. The standard InChI is InChI=1S/C26H31N3O4/c1-25-13-14-26(33-25)20(19(25)22(30)27-15-16-7-3-2-4-8-16)24(32)29(18-11-12-18)21(26)23(31)28-17-9-5-6-10-17/h2-4,7-8,13-14,17-21H,5-6,9-12,15H2,1H3,(H,27,30)(H,28,31)/t19-,20+,21+,25+,26-/m1/s1. The second-order valence-electron chi connectivity index (χ2n) is 10.5. The maximum absolute atomic E-state index is 13.8. The van der Waals surface area contributed by atoms with Gasteiger partial charge in [0.2, 0.25) is 17.7 Å². The van der Waals surface area contributed by atoms with E-state index in [4.69, 9.17) is 4.74 Å². The van der Waals surface area contributed by atoms with E-state index in [1.165, 1.54) is 0 Å². The van der Waals surface area contributed by atoms with Crippen LogP contribution >= 0.6 is 0 Å². The molecule has 7 nitrogen and oxygen atoms in total. The highest BCUT2D eigenvalue weighted by Crippen LogP contribution is 2.61. The zero-order chi connectivity index (χ0) is 22.8. The molecule has 7 heteroatoms. The summed E-state index contributed by atoms with van der Waals surface area (Å²) < 4.78 is 6.54. The van der Waals surface area contributed by atoms with Crippen molar-refractivity contribution < 1.29 is 19.1 Å². The summed E-state index contributed by atoms with van der Waals surface area (Å²) in [6.45, 7) is 2.26. The van der Waals surface area contributed by atoms with Crippen molar-refractivity contribution in [3.05, 3.63) is 48.0 Å². The van der Waals surface area contributed by atoms with Crippen molar-refractivity contribution in [3.63, 3.8) is 0 Å². The van der Waals surface area contributed by atoms with Gasteiger partial charge in [-0.3, -0.25) is 14.4 Å². The molecule has 2 aliphatic carbocycles. The molecular formula is C26H31N3O4. The normalized spacial score (nSPS) is 36.9. The van der Waals surface area contributed by atoms with Gasteiger partial charge in [-0.25, -0.2) is 0 Å². The predicted octanol–water partition coefficient (Wildman–Crippen LogP) is 2.06. The molecule has 1 spiro atoms. The van der Waals surface area contributed by atoms with Gasteiger partial charge < -0.3 is 20.3 Å². The van der Waals surface area contributed by atoms with Crippen molar-refractivity contribution in [2.24, 2.45) is 11.8 Å². The number of benzene rings is 1. The molecular weight excluding hydrogens is 418 g/mol. The minimum Gasteiger partial charge on any atom is -0.356 e. The monoisotopic (exact) mass is 449 g/mol. The van der Waals surface area contributed by atoms with E-state index in [-0.39, 0.29) is 29.8 Å². The van der Waals surface area contributed by atoms with Crippen LogP contribution in [0, 0.1) is 11.8 Å². The van der Waals surface area contributed by atoms with Crippen molar-refractivity contribution >= 4 is 17.7 Å². The Bertz CT molecular complexity index is 1020. The number of ether oxygens (including phenoxy) is 1. The number of amides is 3. The maximum Gasteiger partial charge on any atom is 0.246 e. The van der Waals surface area contributed by atoms with Crippen LogP contribution in [-0.4, -0.2) is 51.9 Å². The average Bonchev–Trinajstić information content (AvgIpc) is 3.17. The Hall–Kier alpha value is -2.67. The number of nitrogens with one attached hydrogen (secondary N) is 2. The molecule has 2 N–H and O–H groups in total. The second-order valence-corrected chi connectivity index (χ2v) is 10.5. The van der Waals surface area contributed by atoms with Gasteiger partial charge in [0.25, 0.3) is 0 Å². The molecule has 2 saturated carbocycles. The van der Waals surface area contributed by atoms with Gasteiger partial charge in [0.1, 0.15) is 11.6 Å². The maximum atomic E-state index is 13.8. The van der Waals surface area contributed by atoms with E-state index in [2.05, 4.69) is 10.6 Å². The van der Waals surface area contributed by atoms with Gasteiger partial charge in [0.05, 0.1) is 17.4 Å². The molecule has 1 aromatic carbocycles. The van der Waals surface area contributed by atoms with Crippen LogP contribution in [0.25, 0.3) is 0 Å². The Morgan fingerprint density at radius 1 is 1.06 bits per heavy atom. The average molecular weight is 450 g/mol. The third kappa shape index (κ3) is 3.15. The molecule has 5 aliphatic rings. The van der Waals surface area contributed by atoms with Crippen LogP contribution in [0.5, 0.6) is 0 Å². The fraction of sp³-hybridized carbons (Fsp3) is 0.577. The van der Waals surface area contributed by atoms with E-state index in [9.17, 15) is 14.4 Å². The first-order chi connectivity index (χ1) is 15.9. The van der Waals surface area contributed by atoms with E-state index < -0.39 is 29.1 Å². The van der Waals surface area contributed by atoms with E-state index >= 15 is 0 Å². The topological polar surface area (TPSA) is 87.7 Å². The number of carbonyl (C=O) groups excluding carboxylic acids is 3. The first kappa shape index (κ1) is 20.9. The summed E-state index contributed by atoms with van der Waals surface area (Å²) in [6, 6.07) is 9.23. The van der Waals surface area contributed by atoms with Gasteiger partial charge in [-0.05, 0) is 38.2 Å². The number of nitrogens with zero attached hydrogens (tertiary/aromatic N) is 1. The Morgan fingerprint density at radius 3 is 2.48 bits per heavy atom. The molecule has 0 aromatic heterocycles. The van der Waals surface area contributed by atoms with Crippen LogP contribution in [0.2, 0.25) is 0 Å². The molecule has 3 aliphatic heterocycles. The smallest absolute Gasteiger partial charge is 0.246 e. The number of hydrogen-bond acceptors (Lipinski definition) is 4. The summed E-state index contributed by atoms with van der Waals surface area (Å²) in [5.74, 6) is -1.79. The molecule has 3 amide bonds. The van der Waals surface area contributed by atoms with Gasteiger partial charge in [0.15, 0.2) is 0 Å². The molecule has 0 unspecified atom stereocenters. The lowest BCUT2D eigenvalue weighted by Gasteiger charge is -2.33. The first-order valence-electron chi connectivity index (χ1n) is 12.3. The summed E-state index contributed by atoms with van der Waals surface area (Å²) in [5.41, 5.74) is -0.981. The van der Waals surface area contributed by atoms with E-state index in [0.717, 1.165) is 44.1 Å². The Morgan fingerprint density at radius 2 is 1.79 bits per heavy atom. The lowest BCUT2D eigenvalue weighted by atomic mass is 9.70. The van der Waals surface area contributed by atoms with E-state index in [1.807, 2.05) is 49.4 Å². The van der Waals surface area contributed by atoms with Crippen LogP contribution in [0.1, 0.15) is 51.0 Å². The fourth-order valence-corrected chi connectivity index (χ4v) is 6.56. The second kappa shape index (κ2) is 7.42. The van der Waals surface area contributed by atoms with Crippen molar-refractivity contribution in [1.82, 2.24) is 15.5 Å². The molecule has 3 heterocycles. The molecule has 4 fully saturated rings. The SMILES string of the molecule is C[C@@]12C=C[C@@]3(O1)[C@H](C(=O)N(C1CC1)[C@H]3C(=O)NC1CCCC1)[C@@H]2C(=O)NCc1ccccc1. The van der Waals surface area contributed by atoms with Gasteiger partial charge in [-0.1, -0.05) is 55.3 Å². The predicted molar refractivity (Wildman–Crippen MR) is 121 cm³/mol. The van der Waals surface area contributed by atoms with Crippen LogP contribution in [0.4, 0.5) is 0 Å². The van der Waals surface area contributed by atoms with Crippen molar-refractivity contribution in [1.29, 1.82) is 0 Å². The van der Waals surface area contributed by atoms with Crippen LogP contribution < -0.4 is 10.6 Å². The minimum atomic E-state index is -1.08. The highest BCUT2D eigenvalue weighted by atomic mass is 16.5. The number of fused-ring (bicyclic) bond motifs is 1. The van der Waals surface area contributed by atoms with Crippen LogP contribution in [0.3, 0.4) is 0 Å². The number of likely N-dealkylation sites (tertiary alicyclic amines) is 1. The fourth-order valence-electron chi connectivity index (χ4n) is 6.56. The zero-order valence-corrected chi connectivity index (χ0v) is 19.0. The number of rotatable bonds is 6. The number of carbonyl (C=O) groups is 3. The zero-order valence-electron chi connectivity index (χ0n) is 19.0. The molecule has 0 radical (unpaired) electrons. The van der Waals surface area contributed by atoms with Crippen LogP contribution in [-0.2, 0) is 25.7 Å². The number of hydrogen-bond donors (Lipinski definition) is 2. The largest absolute Gasteiger partial charge is 0.356 e. The lowest BCUT2D eigenvalue weighted by Crippen LogP contribution is -2.56. The highest BCUT2D eigenvalue weighted by molar-refractivity contribution is 6.00. The summed E-state index contributed by atoms with van der Waals surface area (Å²) in [6.07, 6.45) is 9.78. The highest BCUT2D eigenvalue weighted by Gasteiger charge is 2.77. The summed E-state index contributed by atoms with van der Waals surface area (Å²) in [5, 5.41) is 6.22. The quantitative estimate of drug-likeness (QED) is 0.651. The van der Waals surface area contributed by atoms with Crippen molar-refractivity contribution in [2.75, 3.05) is 0 Å². The van der Waals surface area contributed by atoms with Crippen molar-refractivity contribution in [2.45, 2.75) is 81.3 Å². The molecule has 2 saturated heterocycles. The van der Waals surface area contributed by atoms with E-state index in [0.29, 0.717) is 6.54 Å². The van der Waals surface area contributed by atoms with Crippen LogP contribution in [0.15, 0.2) is 42.5 Å². The molecule has 174 valence electrons. The van der Waals surface area contributed by atoms with Gasteiger partial charge in [-0.2, -0.15) is 0 Å². The third-order valence-corrected chi connectivity index (χ3v) is 8.22. The molecule has 2 bridgehead atoms.